The van der Waals surface area contributed by atoms with Crippen LogP contribution < -0.4 is 5.73 Å². The molecule has 0 aromatic heterocycles. The van der Waals surface area contributed by atoms with Gasteiger partial charge in [-0.1, -0.05) is 0 Å². The van der Waals surface area contributed by atoms with Crippen molar-refractivity contribution in [3.8, 4) is 0 Å². The van der Waals surface area contributed by atoms with Crippen LogP contribution in [0.3, 0.4) is 0 Å². The van der Waals surface area contributed by atoms with E-state index in [1.54, 1.807) is 6.92 Å². The van der Waals surface area contributed by atoms with Crippen LogP contribution in [-0.2, 0) is 4.79 Å². The van der Waals surface area contributed by atoms with E-state index in [1.807, 2.05) is 0 Å². The number of aliphatic carboxylic acids is 1. The molecular weight excluding hydrogens is 266 g/mol. The van der Waals surface area contributed by atoms with Crippen LogP contribution in [0.15, 0.2) is 18.2 Å². The lowest BCUT2D eigenvalue weighted by molar-refractivity contribution is -0.383. The summed E-state index contributed by atoms with van der Waals surface area (Å²) in [6.45, 7) is 2.05. The number of hydrogen-bond donors (Lipinski definition) is 2. The number of carbonyl (C=O) groups is 2. The first kappa shape index (κ1) is 15.4. The van der Waals surface area contributed by atoms with Crippen molar-refractivity contribution in [3.05, 3.63) is 33.9 Å². The van der Waals surface area contributed by atoms with E-state index < -0.39 is 16.8 Å². The highest BCUT2D eigenvalue weighted by molar-refractivity contribution is 5.95. The lowest BCUT2D eigenvalue weighted by atomic mass is 10.1. The maximum absolute atomic E-state index is 12.1. The maximum atomic E-state index is 12.1. The third-order valence-electron chi connectivity index (χ3n) is 2.74. The van der Waals surface area contributed by atoms with Crippen molar-refractivity contribution in [1.82, 2.24) is 4.90 Å². The smallest absolute Gasteiger partial charge is 0.305 e. The Labute approximate surface area is 114 Å². The Kier molecular flexibility index (Phi) is 5.01. The quantitative estimate of drug-likeness (QED) is 0.457. The highest BCUT2D eigenvalue weighted by atomic mass is 16.6. The van der Waals surface area contributed by atoms with Gasteiger partial charge in [-0.15, -0.1) is 0 Å². The molecular formula is C12H15N3O5. The summed E-state index contributed by atoms with van der Waals surface area (Å²) in [7, 11) is 0. The maximum Gasteiger partial charge on any atom is 0.305 e. The van der Waals surface area contributed by atoms with Gasteiger partial charge in [0.05, 0.1) is 11.3 Å². The van der Waals surface area contributed by atoms with E-state index >= 15 is 0 Å². The minimum absolute atomic E-state index is 0.0277. The van der Waals surface area contributed by atoms with E-state index in [0.717, 1.165) is 6.07 Å². The van der Waals surface area contributed by atoms with Crippen molar-refractivity contribution in [1.29, 1.82) is 0 Å². The predicted octanol–water partition coefficient (Wildman–Crippen LogP) is 1.11. The van der Waals surface area contributed by atoms with Crippen molar-refractivity contribution >= 4 is 23.3 Å². The Morgan fingerprint density at radius 1 is 1.45 bits per heavy atom. The number of nitro groups is 1. The zero-order valence-electron chi connectivity index (χ0n) is 10.9. The summed E-state index contributed by atoms with van der Waals surface area (Å²) < 4.78 is 0. The van der Waals surface area contributed by atoms with E-state index in [2.05, 4.69) is 0 Å². The van der Waals surface area contributed by atoms with Gasteiger partial charge >= 0.3 is 5.97 Å². The number of nitrogens with two attached hydrogens (primary N) is 1. The number of nitro benzene ring substituents is 1. The van der Waals surface area contributed by atoms with Gasteiger partial charge in [0, 0.05) is 24.7 Å². The standard InChI is InChI=1S/C12H15N3O5/c1-2-14(6-5-11(16)17)12(18)8-3-4-9(13)10(7-8)15(19)20/h3-4,7H,2,5-6,13H2,1H3,(H,16,17). The van der Waals surface area contributed by atoms with Crippen LogP contribution in [0.2, 0.25) is 0 Å². The summed E-state index contributed by atoms with van der Waals surface area (Å²) >= 11 is 0. The van der Waals surface area contributed by atoms with Gasteiger partial charge in [0.15, 0.2) is 0 Å². The second-order valence-corrected chi connectivity index (χ2v) is 4.06. The molecule has 0 saturated carbocycles. The molecule has 20 heavy (non-hydrogen) atoms. The molecule has 8 nitrogen and oxygen atoms in total. The summed E-state index contributed by atoms with van der Waals surface area (Å²) in [6, 6.07) is 3.77. The van der Waals surface area contributed by atoms with Crippen molar-refractivity contribution < 1.29 is 19.6 Å². The van der Waals surface area contributed by atoms with Gasteiger partial charge in [-0.3, -0.25) is 19.7 Å². The molecule has 8 heteroatoms. The van der Waals surface area contributed by atoms with Gasteiger partial charge in [0.25, 0.3) is 11.6 Å². The first-order valence-corrected chi connectivity index (χ1v) is 5.91. The number of anilines is 1. The third kappa shape index (κ3) is 3.67. The van der Waals surface area contributed by atoms with Crippen molar-refractivity contribution in [3.63, 3.8) is 0 Å². The predicted molar refractivity (Wildman–Crippen MR) is 71.3 cm³/mol. The number of rotatable bonds is 6. The Bertz CT molecular complexity index is 544. The minimum Gasteiger partial charge on any atom is -0.481 e. The van der Waals surface area contributed by atoms with Gasteiger partial charge in [-0.05, 0) is 19.1 Å². The van der Waals surface area contributed by atoms with Crippen LogP contribution in [0, 0.1) is 10.1 Å². The number of hydrogen-bond acceptors (Lipinski definition) is 5. The number of carboxylic acids is 1. The van der Waals surface area contributed by atoms with Crippen LogP contribution in [0.4, 0.5) is 11.4 Å². The molecule has 1 aromatic carbocycles. The fourth-order valence-corrected chi connectivity index (χ4v) is 1.65. The fourth-order valence-electron chi connectivity index (χ4n) is 1.65. The van der Waals surface area contributed by atoms with E-state index in [4.69, 9.17) is 10.8 Å². The molecule has 0 aliphatic heterocycles. The first-order valence-electron chi connectivity index (χ1n) is 5.91. The van der Waals surface area contributed by atoms with Crippen molar-refractivity contribution in [2.75, 3.05) is 18.8 Å². The second kappa shape index (κ2) is 6.50. The van der Waals surface area contributed by atoms with E-state index in [0.29, 0.717) is 6.54 Å². The van der Waals surface area contributed by atoms with Crippen LogP contribution in [0.25, 0.3) is 0 Å². The van der Waals surface area contributed by atoms with E-state index in [-0.39, 0.29) is 29.9 Å². The molecule has 0 saturated heterocycles. The van der Waals surface area contributed by atoms with E-state index in [1.165, 1.54) is 17.0 Å². The fraction of sp³-hybridized carbons (Fsp3) is 0.333. The van der Waals surface area contributed by atoms with Gasteiger partial charge in [0.1, 0.15) is 5.69 Å². The lowest BCUT2D eigenvalue weighted by Gasteiger charge is -2.20. The summed E-state index contributed by atoms with van der Waals surface area (Å²) in [5.74, 6) is -1.48. The number of benzene rings is 1. The molecule has 1 rings (SSSR count). The number of carboxylic acid groups (broad SMARTS) is 1. The lowest BCUT2D eigenvalue weighted by Crippen LogP contribution is -2.32. The van der Waals surface area contributed by atoms with Crippen LogP contribution in [-0.4, -0.2) is 39.9 Å². The molecule has 3 N–H and O–H groups in total. The number of carbonyl (C=O) groups excluding carboxylic acids is 1. The number of nitrogens with zero attached hydrogens (tertiary/aromatic N) is 2. The monoisotopic (exact) mass is 281 g/mol. The molecule has 0 spiro atoms. The molecule has 108 valence electrons. The molecule has 0 unspecified atom stereocenters. The largest absolute Gasteiger partial charge is 0.481 e. The molecule has 0 bridgehead atoms. The average molecular weight is 281 g/mol. The Morgan fingerprint density at radius 3 is 2.60 bits per heavy atom. The zero-order chi connectivity index (χ0) is 15.3. The summed E-state index contributed by atoms with van der Waals surface area (Å²) in [4.78, 5) is 34.1. The van der Waals surface area contributed by atoms with Gasteiger partial charge in [0.2, 0.25) is 0 Å². The average Bonchev–Trinajstić information content (AvgIpc) is 2.39. The normalized spacial score (nSPS) is 10.1. The third-order valence-corrected chi connectivity index (χ3v) is 2.74. The molecule has 0 aliphatic carbocycles. The van der Waals surface area contributed by atoms with E-state index in [9.17, 15) is 19.7 Å². The van der Waals surface area contributed by atoms with Crippen LogP contribution in [0.1, 0.15) is 23.7 Å². The van der Waals surface area contributed by atoms with Crippen molar-refractivity contribution in [2.45, 2.75) is 13.3 Å². The highest BCUT2D eigenvalue weighted by Crippen LogP contribution is 2.23. The Hall–Kier alpha value is -2.64. The molecule has 1 aromatic rings. The van der Waals surface area contributed by atoms with Gasteiger partial charge in [-0.25, -0.2) is 0 Å². The Balaban J connectivity index is 2.97. The molecule has 0 radical (unpaired) electrons. The first-order chi connectivity index (χ1) is 9.36. The Morgan fingerprint density at radius 2 is 2.10 bits per heavy atom. The molecule has 0 heterocycles. The summed E-state index contributed by atoms with van der Waals surface area (Å²) in [6.07, 6.45) is -0.184. The topological polar surface area (TPSA) is 127 Å². The van der Waals surface area contributed by atoms with Gasteiger partial charge in [-0.2, -0.15) is 0 Å². The number of nitrogen functional groups attached to an aromatic ring is 1. The molecule has 0 atom stereocenters. The second-order valence-electron chi connectivity index (χ2n) is 4.06. The van der Waals surface area contributed by atoms with Crippen LogP contribution in [0.5, 0.6) is 0 Å². The van der Waals surface area contributed by atoms with Gasteiger partial charge < -0.3 is 15.7 Å². The van der Waals surface area contributed by atoms with Crippen LogP contribution >= 0.6 is 0 Å². The SMILES string of the molecule is CCN(CCC(=O)O)C(=O)c1ccc(N)c([N+](=O)[O-])c1. The molecule has 0 fully saturated rings. The zero-order valence-corrected chi connectivity index (χ0v) is 10.9. The van der Waals surface area contributed by atoms with Crippen molar-refractivity contribution in [2.24, 2.45) is 0 Å². The summed E-state index contributed by atoms with van der Waals surface area (Å²) in [5.41, 5.74) is 5.19. The molecule has 0 aliphatic rings. The highest BCUT2D eigenvalue weighted by Gasteiger charge is 2.19. The number of amides is 1. The molecule has 1 amide bonds. The summed E-state index contributed by atoms with van der Waals surface area (Å²) in [5, 5.41) is 19.4. The minimum atomic E-state index is -1.01.